The molecule has 94 valence electrons. The molecule has 0 saturated heterocycles. The van der Waals surface area contributed by atoms with E-state index in [1.165, 1.54) is 18.6 Å². The molecule has 0 aliphatic rings. The van der Waals surface area contributed by atoms with Crippen LogP contribution in [0.5, 0.6) is 0 Å². The highest BCUT2D eigenvalue weighted by Gasteiger charge is 2.23. The number of hydrogen-bond donors (Lipinski definition) is 3. The van der Waals surface area contributed by atoms with Crippen molar-refractivity contribution in [2.45, 2.75) is 12.5 Å². The minimum Gasteiger partial charge on any atom is -0.480 e. The predicted octanol–water partition coefficient (Wildman–Crippen LogP) is -0.489. The first-order chi connectivity index (χ1) is 7.94. The lowest BCUT2D eigenvalue weighted by Crippen LogP contribution is -2.43. The summed E-state index contributed by atoms with van der Waals surface area (Å²) < 4.78 is 24.9. The topological polar surface area (TPSA) is 112 Å². The number of aliphatic carboxylic acids is 1. The van der Waals surface area contributed by atoms with Crippen molar-refractivity contribution in [3.8, 4) is 0 Å². The van der Waals surface area contributed by atoms with Gasteiger partial charge in [0.15, 0.2) is 0 Å². The van der Waals surface area contributed by atoms with E-state index < -0.39 is 22.0 Å². The molecule has 1 aromatic heterocycles. The molecule has 0 aromatic carbocycles. The second kappa shape index (κ2) is 5.60. The van der Waals surface area contributed by atoms with E-state index in [9.17, 15) is 13.2 Å². The third-order valence-corrected chi connectivity index (χ3v) is 3.25. The molecule has 0 bridgehead atoms. The van der Waals surface area contributed by atoms with Crippen LogP contribution >= 0.6 is 0 Å². The van der Waals surface area contributed by atoms with Crippen LogP contribution in [0.15, 0.2) is 25.2 Å². The maximum Gasteiger partial charge on any atom is 0.322 e. The zero-order chi connectivity index (χ0) is 12.9. The van der Waals surface area contributed by atoms with Gasteiger partial charge in [-0.25, -0.2) is 18.1 Å². The van der Waals surface area contributed by atoms with Crippen LogP contribution in [0, 0.1) is 0 Å². The molecule has 0 spiro atoms. The Bertz CT molecular complexity index is 480. The molecule has 1 heterocycles. The number of carboxylic acid groups (broad SMARTS) is 1. The van der Waals surface area contributed by atoms with Crippen LogP contribution in [0.25, 0.3) is 0 Å². The molecular formula is C9H13N3O4S. The third-order valence-electron chi connectivity index (χ3n) is 1.94. The van der Waals surface area contributed by atoms with E-state index in [0.29, 0.717) is 5.69 Å². The quantitative estimate of drug-likeness (QED) is 0.572. The minimum atomic E-state index is -3.66. The molecular weight excluding hydrogens is 246 g/mol. The predicted molar refractivity (Wildman–Crippen MR) is 60.8 cm³/mol. The molecule has 0 aliphatic heterocycles. The summed E-state index contributed by atoms with van der Waals surface area (Å²) in [5.74, 6) is -1.56. The van der Waals surface area contributed by atoms with Crippen LogP contribution < -0.4 is 4.72 Å². The number of H-pyrrole nitrogens is 1. The number of aromatic amines is 1. The van der Waals surface area contributed by atoms with Gasteiger partial charge in [0.2, 0.25) is 10.0 Å². The second-order valence-corrected chi connectivity index (χ2v) is 5.16. The van der Waals surface area contributed by atoms with Gasteiger partial charge in [0, 0.05) is 18.3 Å². The second-order valence-electron chi connectivity index (χ2n) is 3.36. The maximum atomic E-state index is 11.4. The average molecular weight is 259 g/mol. The van der Waals surface area contributed by atoms with Gasteiger partial charge in [0.05, 0.1) is 12.1 Å². The van der Waals surface area contributed by atoms with E-state index in [1.807, 2.05) is 0 Å². The Balaban J connectivity index is 2.74. The Morgan fingerprint density at radius 2 is 2.41 bits per heavy atom. The molecule has 3 N–H and O–H groups in total. The Morgan fingerprint density at radius 1 is 1.71 bits per heavy atom. The number of nitrogens with zero attached hydrogens (tertiary/aromatic N) is 1. The number of nitrogens with one attached hydrogen (secondary N) is 2. The smallest absolute Gasteiger partial charge is 0.322 e. The third kappa shape index (κ3) is 4.37. The fourth-order valence-corrected chi connectivity index (χ4v) is 2.24. The molecule has 0 fully saturated rings. The molecule has 7 nitrogen and oxygen atoms in total. The summed E-state index contributed by atoms with van der Waals surface area (Å²) in [6.07, 6.45) is 4.04. The molecule has 1 atom stereocenters. The van der Waals surface area contributed by atoms with Crippen LogP contribution in [-0.4, -0.2) is 41.3 Å². The van der Waals surface area contributed by atoms with Crippen LogP contribution in [0.2, 0.25) is 0 Å². The van der Waals surface area contributed by atoms with Crippen molar-refractivity contribution in [2.75, 3.05) is 5.75 Å². The molecule has 0 amide bonds. The van der Waals surface area contributed by atoms with Gasteiger partial charge in [-0.15, -0.1) is 6.58 Å². The lowest BCUT2D eigenvalue weighted by Gasteiger charge is -2.12. The Kier molecular flexibility index (Phi) is 4.41. The average Bonchev–Trinajstić information content (AvgIpc) is 2.68. The monoisotopic (exact) mass is 259 g/mol. The normalized spacial score (nSPS) is 13.2. The summed E-state index contributed by atoms with van der Waals surface area (Å²) in [4.78, 5) is 17.4. The van der Waals surface area contributed by atoms with Crippen molar-refractivity contribution < 1.29 is 18.3 Å². The van der Waals surface area contributed by atoms with Crippen molar-refractivity contribution in [1.82, 2.24) is 14.7 Å². The molecule has 1 aromatic rings. The van der Waals surface area contributed by atoms with E-state index in [4.69, 9.17) is 5.11 Å². The summed E-state index contributed by atoms with van der Waals surface area (Å²) in [5, 5.41) is 8.92. The number of hydrogen-bond acceptors (Lipinski definition) is 4. The van der Waals surface area contributed by atoms with Gasteiger partial charge >= 0.3 is 5.97 Å². The number of carbonyl (C=O) groups is 1. The van der Waals surface area contributed by atoms with Gasteiger partial charge in [-0.05, 0) is 0 Å². The first-order valence-corrected chi connectivity index (χ1v) is 6.41. The van der Waals surface area contributed by atoms with Gasteiger partial charge < -0.3 is 10.1 Å². The first kappa shape index (κ1) is 13.4. The molecule has 0 radical (unpaired) electrons. The summed E-state index contributed by atoms with van der Waals surface area (Å²) in [5.41, 5.74) is 0.540. The van der Waals surface area contributed by atoms with Crippen molar-refractivity contribution >= 4 is 16.0 Å². The lowest BCUT2D eigenvalue weighted by molar-refractivity contribution is -0.138. The molecule has 8 heteroatoms. The first-order valence-electron chi connectivity index (χ1n) is 4.75. The summed E-state index contributed by atoms with van der Waals surface area (Å²) in [7, 11) is -3.66. The van der Waals surface area contributed by atoms with Crippen LogP contribution in [0.1, 0.15) is 5.69 Å². The van der Waals surface area contributed by atoms with E-state index >= 15 is 0 Å². The fourth-order valence-electron chi connectivity index (χ4n) is 1.22. The minimum absolute atomic E-state index is 0.00566. The lowest BCUT2D eigenvalue weighted by atomic mass is 10.2. The molecule has 0 saturated carbocycles. The van der Waals surface area contributed by atoms with Crippen LogP contribution in [-0.2, 0) is 21.2 Å². The van der Waals surface area contributed by atoms with Gasteiger partial charge in [0.25, 0.3) is 0 Å². The SMILES string of the molecule is C=CCS(=O)(=O)N[C@H](Cc1cnc[nH]1)C(=O)O. The number of imidazole rings is 1. The van der Waals surface area contributed by atoms with Crippen LogP contribution in [0.4, 0.5) is 0 Å². The molecule has 0 unspecified atom stereocenters. The number of aromatic nitrogens is 2. The maximum absolute atomic E-state index is 11.4. The van der Waals surface area contributed by atoms with E-state index in [0.717, 1.165) is 0 Å². The summed E-state index contributed by atoms with van der Waals surface area (Å²) in [6.45, 7) is 3.29. The van der Waals surface area contributed by atoms with E-state index in [-0.39, 0.29) is 12.2 Å². The summed E-state index contributed by atoms with van der Waals surface area (Å²) in [6, 6.07) is -1.22. The zero-order valence-corrected chi connectivity index (χ0v) is 9.77. The van der Waals surface area contributed by atoms with Gasteiger partial charge in [-0.2, -0.15) is 0 Å². The molecule has 0 aliphatic carbocycles. The van der Waals surface area contributed by atoms with Crippen molar-refractivity contribution in [2.24, 2.45) is 0 Å². The van der Waals surface area contributed by atoms with E-state index in [1.54, 1.807) is 0 Å². The largest absolute Gasteiger partial charge is 0.480 e. The Morgan fingerprint density at radius 3 is 2.88 bits per heavy atom. The van der Waals surface area contributed by atoms with Crippen molar-refractivity contribution in [3.63, 3.8) is 0 Å². The highest BCUT2D eigenvalue weighted by atomic mass is 32.2. The Hall–Kier alpha value is -1.67. The molecule has 17 heavy (non-hydrogen) atoms. The Labute approximate surface area is 98.6 Å². The van der Waals surface area contributed by atoms with Gasteiger partial charge in [-0.3, -0.25) is 4.79 Å². The number of carboxylic acids is 1. The molecule has 1 rings (SSSR count). The number of sulfonamides is 1. The van der Waals surface area contributed by atoms with Gasteiger partial charge in [-0.1, -0.05) is 6.08 Å². The van der Waals surface area contributed by atoms with Crippen molar-refractivity contribution in [3.05, 3.63) is 30.9 Å². The van der Waals surface area contributed by atoms with Gasteiger partial charge in [0.1, 0.15) is 6.04 Å². The number of rotatable bonds is 7. The highest BCUT2D eigenvalue weighted by Crippen LogP contribution is 2.01. The van der Waals surface area contributed by atoms with E-state index in [2.05, 4.69) is 21.3 Å². The standard InChI is InChI=1S/C9H13N3O4S/c1-2-3-17(15,16)12-8(9(13)14)4-7-5-10-6-11-7/h2,5-6,8,12H,1,3-4H2,(H,10,11)(H,13,14)/t8-/m1/s1. The highest BCUT2D eigenvalue weighted by molar-refractivity contribution is 7.89. The van der Waals surface area contributed by atoms with Crippen molar-refractivity contribution in [1.29, 1.82) is 0 Å². The summed E-state index contributed by atoms with van der Waals surface area (Å²) >= 11 is 0. The fraction of sp³-hybridized carbons (Fsp3) is 0.333. The zero-order valence-electron chi connectivity index (χ0n) is 8.96. The van der Waals surface area contributed by atoms with Crippen LogP contribution in [0.3, 0.4) is 0 Å².